The van der Waals surface area contributed by atoms with E-state index in [1.807, 2.05) is 0 Å². The smallest absolute Gasteiger partial charge is 0.425 e. The van der Waals surface area contributed by atoms with Crippen LogP contribution in [-0.4, -0.2) is 65.4 Å². The number of halogens is 3. The first-order valence-corrected chi connectivity index (χ1v) is 13.5. The van der Waals surface area contributed by atoms with Gasteiger partial charge in [0.25, 0.3) is 5.91 Å². The number of ether oxygens (including phenoxy) is 4. The molecule has 0 aliphatic carbocycles. The van der Waals surface area contributed by atoms with Crippen LogP contribution in [0.15, 0.2) is 30.5 Å². The molecule has 0 saturated carbocycles. The Balaban J connectivity index is 2.37. The highest BCUT2D eigenvalue weighted by Crippen LogP contribution is 2.24. The van der Waals surface area contributed by atoms with Crippen molar-refractivity contribution >= 4 is 29.7 Å². The van der Waals surface area contributed by atoms with Gasteiger partial charge in [-0.1, -0.05) is 6.07 Å². The maximum absolute atomic E-state index is 14.1. The minimum atomic E-state index is -1.61. The second kappa shape index (κ2) is 14.1. The molecule has 3 amide bonds. The summed E-state index contributed by atoms with van der Waals surface area (Å²) in [4.78, 5) is 56.6. The van der Waals surface area contributed by atoms with Crippen molar-refractivity contribution in [3.8, 4) is 5.75 Å². The average molecular weight is 626 g/mol. The number of ketones is 1. The van der Waals surface area contributed by atoms with Crippen LogP contribution in [0.25, 0.3) is 0 Å². The largest absolute Gasteiger partial charge is 0.480 e. The zero-order chi connectivity index (χ0) is 33.6. The monoisotopic (exact) mass is 625 g/mol. The number of nitrogens with zero attached hydrogens (tertiary/aromatic N) is 2. The molecule has 0 radical (unpaired) electrons. The summed E-state index contributed by atoms with van der Waals surface area (Å²) in [7, 11) is 1.29. The van der Waals surface area contributed by atoms with E-state index in [4.69, 9.17) is 18.9 Å². The summed E-state index contributed by atoms with van der Waals surface area (Å²) in [6.07, 6.45) is -1.03. The number of benzene rings is 1. The van der Waals surface area contributed by atoms with E-state index >= 15 is 0 Å². The van der Waals surface area contributed by atoms with Crippen molar-refractivity contribution in [2.75, 3.05) is 18.6 Å². The number of amides is 3. The maximum atomic E-state index is 14.1. The van der Waals surface area contributed by atoms with Gasteiger partial charge in [-0.25, -0.2) is 23.4 Å². The molecule has 1 aromatic heterocycles. The minimum Gasteiger partial charge on any atom is -0.480 e. The third kappa shape index (κ3) is 10.2. The number of hydrogen-bond acceptors (Lipinski definition) is 9. The van der Waals surface area contributed by atoms with Crippen LogP contribution in [0, 0.1) is 17.5 Å². The molecule has 0 aliphatic heterocycles. The third-order valence-electron chi connectivity index (χ3n) is 5.74. The number of anilines is 1. The molecule has 2 aromatic rings. The number of Topliss-reactive ketones (excluding diaryl/α,β-unsaturated/α-hetero) is 1. The minimum absolute atomic E-state index is 0.148. The van der Waals surface area contributed by atoms with Crippen molar-refractivity contribution < 1.29 is 51.3 Å². The highest BCUT2D eigenvalue weighted by Gasteiger charge is 2.35. The molecule has 1 heterocycles. The van der Waals surface area contributed by atoms with Gasteiger partial charge in [0, 0.05) is 19.7 Å². The second-order valence-electron chi connectivity index (χ2n) is 12.2. The Morgan fingerprint density at radius 1 is 0.864 bits per heavy atom. The van der Waals surface area contributed by atoms with Crippen LogP contribution < -0.4 is 15.0 Å². The molecule has 14 heteroatoms. The fourth-order valence-corrected chi connectivity index (χ4v) is 3.34. The standard InChI is InChI=1S/C30H38F3N3O8/c1-28(2,3)43-26(39)36(27(40)44-29(4,5)6)22-13-10-17(15-34-22)14-20(35-25(38)30(7,8)41-9)21(37)16-42-24-19(32)12-11-18(31)23(24)33/h10-13,15,20H,14,16H2,1-9H3,(H,35,38). The molecule has 0 bridgehead atoms. The number of hydrogen-bond donors (Lipinski definition) is 1. The van der Waals surface area contributed by atoms with E-state index in [-0.39, 0.29) is 12.2 Å². The number of imide groups is 1. The SMILES string of the molecule is COC(C)(C)C(=O)NC(Cc1ccc(N(C(=O)OC(C)(C)C)C(=O)OC(C)(C)C)nc1)C(=O)COc1c(F)ccc(F)c1F. The molecular weight excluding hydrogens is 587 g/mol. The van der Waals surface area contributed by atoms with Crippen LogP contribution in [0.3, 0.4) is 0 Å². The quantitative estimate of drug-likeness (QED) is 0.350. The summed E-state index contributed by atoms with van der Waals surface area (Å²) in [5, 5.41) is 2.52. The van der Waals surface area contributed by atoms with E-state index in [0.29, 0.717) is 22.6 Å². The fourth-order valence-electron chi connectivity index (χ4n) is 3.34. The Morgan fingerprint density at radius 2 is 1.41 bits per heavy atom. The number of methoxy groups -OCH3 is 1. The van der Waals surface area contributed by atoms with Crippen LogP contribution in [-0.2, 0) is 30.2 Å². The van der Waals surface area contributed by atoms with Crippen molar-refractivity contribution in [2.24, 2.45) is 0 Å². The van der Waals surface area contributed by atoms with E-state index in [2.05, 4.69) is 10.3 Å². The molecule has 0 fully saturated rings. The van der Waals surface area contributed by atoms with Gasteiger partial charge in [0.1, 0.15) is 29.2 Å². The number of carbonyl (C=O) groups excluding carboxylic acids is 4. The number of carbonyl (C=O) groups is 4. The molecule has 1 N–H and O–H groups in total. The van der Waals surface area contributed by atoms with E-state index in [0.717, 1.165) is 0 Å². The van der Waals surface area contributed by atoms with E-state index in [1.54, 1.807) is 41.5 Å². The van der Waals surface area contributed by atoms with Crippen LogP contribution >= 0.6 is 0 Å². The first-order valence-electron chi connectivity index (χ1n) is 13.5. The van der Waals surface area contributed by atoms with E-state index in [1.165, 1.54) is 39.3 Å². The van der Waals surface area contributed by atoms with Crippen LogP contribution in [0.5, 0.6) is 5.75 Å². The lowest BCUT2D eigenvalue weighted by atomic mass is 10.0. The van der Waals surface area contributed by atoms with Crippen molar-refractivity contribution in [1.82, 2.24) is 10.3 Å². The molecule has 11 nitrogen and oxygen atoms in total. The van der Waals surface area contributed by atoms with Crippen LogP contribution in [0.2, 0.25) is 0 Å². The Hall–Kier alpha value is -4.20. The van der Waals surface area contributed by atoms with Gasteiger partial charge in [-0.05, 0) is 79.2 Å². The van der Waals surface area contributed by atoms with Gasteiger partial charge in [0.05, 0.1) is 6.04 Å². The van der Waals surface area contributed by atoms with Gasteiger partial charge in [0.2, 0.25) is 5.82 Å². The zero-order valence-corrected chi connectivity index (χ0v) is 26.2. The number of pyridine rings is 1. The predicted molar refractivity (Wildman–Crippen MR) is 153 cm³/mol. The van der Waals surface area contributed by atoms with Crippen molar-refractivity contribution in [3.63, 3.8) is 0 Å². The van der Waals surface area contributed by atoms with Gasteiger partial charge in [-0.15, -0.1) is 0 Å². The predicted octanol–water partition coefficient (Wildman–Crippen LogP) is 5.28. The van der Waals surface area contributed by atoms with Crippen molar-refractivity contribution in [1.29, 1.82) is 0 Å². The number of rotatable bonds is 10. The maximum Gasteiger partial charge on any atom is 0.425 e. The molecule has 44 heavy (non-hydrogen) atoms. The Morgan fingerprint density at radius 3 is 1.89 bits per heavy atom. The van der Waals surface area contributed by atoms with Gasteiger partial charge < -0.3 is 24.3 Å². The lowest BCUT2D eigenvalue weighted by Gasteiger charge is -2.28. The second-order valence-corrected chi connectivity index (χ2v) is 12.2. The van der Waals surface area contributed by atoms with Gasteiger partial charge in [-0.2, -0.15) is 9.29 Å². The number of nitrogens with one attached hydrogen (secondary N) is 1. The number of aromatic nitrogens is 1. The first kappa shape index (κ1) is 36.0. The lowest BCUT2D eigenvalue weighted by Crippen LogP contribution is -2.52. The summed E-state index contributed by atoms with van der Waals surface area (Å²) in [6, 6.07) is 2.63. The van der Waals surface area contributed by atoms with Gasteiger partial charge >= 0.3 is 12.2 Å². The fraction of sp³-hybridized carbons (Fsp3) is 0.500. The van der Waals surface area contributed by atoms with Crippen LogP contribution in [0.1, 0.15) is 61.0 Å². The summed E-state index contributed by atoms with van der Waals surface area (Å²) in [5.74, 6) is -6.96. The summed E-state index contributed by atoms with van der Waals surface area (Å²) in [5.41, 5.74) is -2.90. The van der Waals surface area contributed by atoms with Crippen LogP contribution in [0.4, 0.5) is 28.6 Å². The molecule has 0 saturated heterocycles. The molecule has 1 atom stereocenters. The Labute approximate surface area is 254 Å². The topological polar surface area (TPSA) is 133 Å². The van der Waals surface area contributed by atoms with E-state index in [9.17, 15) is 32.3 Å². The Kier molecular flexibility index (Phi) is 11.5. The van der Waals surface area contributed by atoms with Crippen molar-refractivity contribution in [2.45, 2.75) is 84.7 Å². The molecule has 242 valence electrons. The highest BCUT2D eigenvalue weighted by atomic mass is 19.2. The molecule has 0 spiro atoms. The van der Waals surface area contributed by atoms with E-state index < -0.39 is 76.5 Å². The Bertz CT molecular complexity index is 1340. The average Bonchev–Trinajstić information content (AvgIpc) is 2.89. The highest BCUT2D eigenvalue weighted by molar-refractivity contribution is 6.08. The molecular formula is C30H38F3N3O8. The zero-order valence-electron chi connectivity index (χ0n) is 26.2. The molecule has 0 aliphatic rings. The summed E-state index contributed by atoms with van der Waals surface area (Å²) >= 11 is 0. The molecule has 1 unspecified atom stereocenters. The summed E-state index contributed by atoms with van der Waals surface area (Å²) < 4.78 is 62.5. The third-order valence-corrected chi connectivity index (χ3v) is 5.74. The molecule has 1 aromatic carbocycles. The van der Waals surface area contributed by atoms with Gasteiger partial charge in [0.15, 0.2) is 23.2 Å². The van der Waals surface area contributed by atoms with Gasteiger partial charge in [-0.3, -0.25) is 9.59 Å². The normalized spacial score (nSPS) is 12.6. The first-order chi connectivity index (χ1) is 20.1. The van der Waals surface area contributed by atoms with Crippen molar-refractivity contribution in [3.05, 3.63) is 53.5 Å². The summed E-state index contributed by atoms with van der Waals surface area (Å²) in [6.45, 7) is 11.7. The molecule has 2 rings (SSSR count). The lowest BCUT2D eigenvalue weighted by molar-refractivity contribution is -0.142.